The molecule has 0 radical (unpaired) electrons. The van der Waals surface area contributed by atoms with Crippen molar-refractivity contribution < 1.29 is 28.6 Å². The van der Waals surface area contributed by atoms with Crippen molar-refractivity contribution in [3.8, 4) is 0 Å². The van der Waals surface area contributed by atoms with Gasteiger partial charge < -0.3 is 14.2 Å². The molecular weight excluding hydrogens is 853 g/mol. The lowest BCUT2D eigenvalue weighted by Crippen LogP contribution is -2.30. The summed E-state index contributed by atoms with van der Waals surface area (Å²) in [5.41, 5.74) is 0. The van der Waals surface area contributed by atoms with Crippen LogP contribution in [0, 0.1) is 0 Å². The van der Waals surface area contributed by atoms with Crippen molar-refractivity contribution in [2.24, 2.45) is 0 Å². The van der Waals surface area contributed by atoms with Crippen molar-refractivity contribution in [2.75, 3.05) is 13.2 Å². The molecule has 0 saturated heterocycles. The molecule has 0 spiro atoms. The third-order valence-corrected chi connectivity index (χ3v) is 12.7. The van der Waals surface area contributed by atoms with Crippen LogP contribution in [0.5, 0.6) is 0 Å². The van der Waals surface area contributed by atoms with Crippen LogP contribution in [0.25, 0.3) is 0 Å². The zero-order valence-corrected chi connectivity index (χ0v) is 45.6. The number of allylic oxidation sites excluding steroid dienone is 12. The summed E-state index contributed by atoms with van der Waals surface area (Å²) in [6.07, 6.45) is 73.2. The lowest BCUT2D eigenvalue weighted by Gasteiger charge is -2.18. The first-order valence-electron chi connectivity index (χ1n) is 29.4. The summed E-state index contributed by atoms with van der Waals surface area (Å²) in [4.78, 5) is 38.2. The molecule has 6 nitrogen and oxygen atoms in total. The highest BCUT2D eigenvalue weighted by atomic mass is 16.6. The van der Waals surface area contributed by atoms with E-state index in [0.29, 0.717) is 19.3 Å². The van der Waals surface area contributed by atoms with Crippen LogP contribution in [0.3, 0.4) is 0 Å². The first-order valence-corrected chi connectivity index (χ1v) is 29.4. The van der Waals surface area contributed by atoms with Crippen molar-refractivity contribution in [3.05, 3.63) is 72.9 Å². The summed E-state index contributed by atoms with van der Waals surface area (Å²) >= 11 is 0. The normalized spacial score (nSPS) is 12.6. The Balaban J connectivity index is 4.45. The Hall–Kier alpha value is -3.15. The zero-order valence-electron chi connectivity index (χ0n) is 45.6. The van der Waals surface area contributed by atoms with Crippen LogP contribution in [-0.4, -0.2) is 37.2 Å². The fraction of sp³-hybridized carbons (Fsp3) is 0.762. The second-order valence-corrected chi connectivity index (χ2v) is 19.5. The molecule has 0 rings (SSSR count). The van der Waals surface area contributed by atoms with E-state index in [1.165, 1.54) is 173 Å². The molecule has 0 aliphatic rings. The van der Waals surface area contributed by atoms with Gasteiger partial charge in [0.2, 0.25) is 0 Å². The number of ether oxygens (including phenoxy) is 3. The molecular formula is C63H110O6. The minimum atomic E-state index is -0.807. The number of esters is 3. The number of hydrogen-bond acceptors (Lipinski definition) is 6. The van der Waals surface area contributed by atoms with Crippen molar-refractivity contribution in [2.45, 2.75) is 297 Å². The third kappa shape index (κ3) is 55.6. The molecule has 0 aliphatic carbocycles. The van der Waals surface area contributed by atoms with E-state index in [2.05, 4.69) is 93.7 Å². The summed E-state index contributed by atoms with van der Waals surface area (Å²) in [6.45, 7) is 6.57. The van der Waals surface area contributed by atoms with Gasteiger partial charge in [0.1, 0.15) is 13.2 Å². The van der Waals surface area contributed by atoms with E-state index in [4.69, 9.17) is 14.2 Å². The molecule has 0 heterocycles. The van der Waals surface area contributed by atoms with Crippen molar-refractivity contribution in [1.82, 2.24) is 0 Å². The van der Waals surface area contributed by atoms with Crippen LogP contribution >= 0.6 is 0 Å². The second kappa shape index (κ2) is 57.4. The van der Waals surface area contributed by atoms with Gasteiger partial charge in [-0.2, -0.15) is 0 Å². The molecule has 0 unspecified atom stereocenters. The summed E-state index contributed by atoms with van der Waals surface area (Å²) in [6, 6.07) is 0. The van der Waals surface area contributed by atoms with E-state index in [-0.39, 0.29) is 37.5 Å². The molecule has 0 N–H and O–H groups in total. The minimum Gasteiger partial charge on any atom is -0.462 e. The molecule has 0 amide bonds. The maximum atomic E-state index is 12.8. The van der Waals surface area contributed by atoms with E-state index in [1.807, 2.05) is 0 Å². The Morgan fingerprint density at radius 1 is 0.290 bits per heavy atom. The largest absolute Gasteiger partial charge is 0.462 e. The third-order valence-electron chi connectivity index (χ3n) is 12.7. The number of carbonyl (C=O) groups is 3. The van der Waals surface area contributed by atoms with Gasteiger partial charge in [-0.25, -0.2) is 0 Å². The first kappa shape index (κ1) is 65.8. The predicted molar refractivity (Wildman–Crippen MR) is 298 cm³/mol. The average Bonchev–Trinajstić information content (AvgIpc) is 3.35. The lowest BCUT2D eigenvalue weighted by molar-refractivity contribution is -0.167. The highest BCUT2D eigenvalue weighted by Crippen LogP contribution is 2.15. The van der Waals surface area contributed by atoms with E-state index >= 15 is 0 Å². The molecule has 0 aromatic carbocycles. The maximum absolute atomic E-state index is 12.8. The van der Waals surface area contributed by atoms with E-state index in [1.54, 1.807) is 0 Å². The Morgan fingerprint density at radius 3 is 0.899 bits per heavy atom. The predicted octanol–water partition coefficient (Wildman–Crippen LogP) is 19.8. The summed E-state index contributed by atoms with van der Waals surface area (Å²) in [5, 5.41) is 0. The van der Waals surface area contributed by atoms with E-state index in [0.717, 1.165) is 70.6 Å². The molecule has 0 aromatic rings. The summed E-state index contributed by atoms with van der Waals surface area (Å²) in [5.74, 6) is -0.956. The van der Waals surface area contributed by atoms with Gasteiger partial charge in [0, 0.05) is 19.3 Å². The quantitative estimate of drug-likeness (QED) is 0.0262. The highest BCUT2D eigenvalue weighted by Gasteiger charge is 2.19. The van der Waals surface area contributed by atoms with Gasteiger partial charge in [-0.05, 0) is 109 Å². The summed E-state index contributed by atoms with van der Waals surface area (Å²) in [7, 11) is 0. The van der Waals surface area contributed by atoms with E-state index in [9.17, 15) is 14.4 Å². The van der Waals surface area contributed by atoms with Crippen LogP contribution < -0.4 is 0 Å². The maximum Gasteiger partial charge on any atom is 0.306 e. The molecule has 398 valence electrons. The number of unbranched alkanes of at least 4 members (excludes halogenated alkanes) is 30. The van der Waals surface area contributed by atoms with Crippen LogP contribution in [0.4, 0.5) is 0 Å². The second-order valence-electron chi connectivity index (χ2n) is 19.5. The standard InChI is InChI=1S/C63H110O6/c1-4-7-10-13-16-19-22-25-28-30-31-33-35-38-41-44-47-50-53-56-62(65)68-59-60(58-67-61(64)55-52-49-46-43-40-37-34-27-24-21-18-15-12-9-6-3)69-63(66)57-54-51-48-45-42-39-36-32-29-26-23-20-17-14-11-8-5-2/h16,19,25-29,34,36,39,45,48,60H,4-15,17-18,20-24,30-33,35,37-38,40-44,46-47,49-59H2,1-3H3/b19-16-,28-25-,29-26-,34-27-,39-36-,48-45-/t60-/m0/s1. The Kier molecular flexibility index (Phi) is 54.8. The fourth-order valence-electron chi connectivity index (χ4n) is 8.19. The molecule has 0 aliphatic heterocycles. The molecule has 6 heteroatoms. The van der Waals surface area contributed by atoms with E-state index < -0.39 is 6.10 Å². The smallest absolute Gasteiger partial charge is 0.306 e. The average molecular weight is 964 g/mol. The van der Waals surface area contributed by atoms with Crippen LogP contribution in [-0.2, 0) is 28.6 Å². The van der Waals surface area contributed by atoms with Crippen LogP contribution in [0.2, 0.25) is 0 Å². The van der Waals surface area contributed by atoms with Crippen molar-refractivity contribution in [3.63, 3.8) is 0 Å². The Bertz CT molecular complexity index is 1290. The van der Waals surface area contributed by atoms with Crippen LogP contribution in [0.1, 0.15) is 290 Å². The molecule has 1 atom stereocenters. The summed E-state index contributed by atoms with van der Waals surface area (Å²) < 4.78 is 16.8. The van der Waals surface area contributed by atoms with Gasteiger partial charge in [-0.3, -0.25) is 14.4 Å². The Morgan fingerprint density at radius 2 is 0.536 bits per heavy atom. The minimum absolute atomic E-state index is 0.0995. The Labute approximate surface area is 427 Å². The van der Waals surface area contributed by atoms with Gasteiger partial charge in [0.05, 0.1) is 0 Å². The van der Waals surface area contributed by atoms with Crippen molar-refractivity contribution in [1.29, 1.82) is 0 Å². The van der Waals surface area contributed by atoms with Gasteiger partial charge in [0.15, 0.2) is 6.10 Å². The fourth-order valence-corrected chi connectivity index (χ4v) is 8.19. The number of carbonyl (C=O) groups excluding carboxylic acids is 3. The van der Waals surface area contributed by atoms with Gasteiger partial charge in [-0.15, -0.1) is 0 Å². The van der Waals surface area contributed by atoms with Gasteiger partial charge in [-0.1, -0.05) is 235 Å². The van der Waals surface area contributed by atoms with Gasteiger partial charge >= 0.3 is 17.9 Å². The molecule has 0 saturated carbocycles. The molecule has 0 bridgehead atoms. The topological polar surface area (TPSA) is 78.9 Å². The highest BCUT2D eigenvalue weighted by molar-refractivity contribution is 5.71. The van der Waals surface area contributed by atoms with Crippen LogP contribution in [0.15, 0.2) is 72.9 Å². The SMILES string of the molecule is CCCCC/C=C\C/C=C\CCCCCCCCCCCC(=O)OC[C@H](COC(=O)CCCCCCC/C=C\CCCCCCCC)OC(=O)CCC/C=C\C/C=C\C/C=C\CCCCCCCC. The zero-order chi connectivity index (χ0) is 50.0. The van der Waals surface area contributed by atoms with Gasteiger partial charge in [0.25, 0.3) is 0 Å². The molecule has 69 heavy (non-hydrogen) atoms. The van der Waals surface area contributed by atoms with Crippen molar-refractivity contribution >= 4 is 17.9 Å². The first-order chi connectivity index (χ1) is 34.0. The molecule has 0 fully saturated rings. The monoisotopic (exact) mass is 963 g/mol. The lowest BCUT2D eigenvalue weighted by atomic mass is 10.1. The number of hydrogen-bond donors (Lipinski definition) is 0. The number of rotatable bonds is 53. The molecule has 0 aromatic heterocycles.